The molecule has 0 spiro atoms. The van der Waals surface area contributed by atoms with E-state index < -0.39 is 24.1 Å². The standard InChI is InChI=1S/C10H15O6PS/c1-7-4-5-10(9(3)8(7)2)18(14,15)16-6-17(11,12)13/h4-5H,6H2,1-3H3,(H2,11,12,13). The summed E-state index contributed by atoms with van der Waals surface area (Å²) in [4.78, 5) is 17.2. The van der Waals surface area contributed by atoms with Crippen molar-refractivity contribution in [1.29, 1.82) is 0 Å². The van der Waals surface area contributed by atoms with Crippen LogP contribution < -0.4 is 0 Å². The molecule has 0 aromatic heterocycles. The summed E-state index contributed by atoms with van der Waals surface area (Å²) in [5.41, 5.74) is 2.25. The quantitative estimate of drug-likeness (QED) is 0.644. The van der Waals surface area contributed by atoms with E-state index in [1.54, 1.807) is 19.9 Å². The molecule has 0 aliphatic heterocycles. The molecule has 0 saturated carbocycles. The third-order valence-corrected chi connectivity index (χ3v) is 4.70. The van der Waals surface area contributed by atoms with Gasteiger partial charge in [0, 0.05) is 0 Å². The van der Waals surface area contributed by atoms with Gasteiger partial charge in [-0.05, 0) is 43.5 Å². The monoisotopic (exact) mass is 294 g/mol. The summed E-state index contributed by atoms with van der Waals surface area (Å²) in [6.07, 6.45) is -1.15. The minimum Gasteiger partial charge on any atom is -0.323 e. The topological polar surface area (TPSA) is 101 Å². The van der Waals surface area contributed by atoms with Crippen LogP contribution in [0.5, 0.6) is 0 Å². The molecule has 0 heterocycles. The van der Waals surface area contributed by atoms with Crippen LogP contribution in [0.15, 0.2) is 17.0 Å². The second-order valence-electron chi connectivity index (χ2n) is 4.00. The van der Waals surface area contributed by atoms with Crippen LogP contribution in [0.25, 0.3) is 0 Å². The summed E-state index contributed by atoms with van der Waals surface area (Å²) in [6, 6.07) is 2.99. The molecule has 6 nitrogen and oxygen atoms in total. The maximum Gasteiger partial charge on any atom is 0.352 e. The van der Waals surface area contributed by atoms with Crippen molar-refractivity contribution in [2.24, 2.45) is 0 Å². The van der Waals surface area contributed by atoms with Crippen molar-refractivity contribution in [3.8, 4) is 0 Å². The molecule has 0 bridgehead atoms. The number of hydrogen-bond acceptors (Lipinski definition) is 4. The van der Waals surface area contributed by atoms with Gasteiger partial charge >= 0.3 is 7.60 Å². The van der Waals surface area contributed by atoms with Gasteiger partial charge in [0.15, 0.2) is 6.35 Å². The Hall–Kier alpha value is -0.720. The zero-order chi connectivity index (χ0) is 14.1. The molecule has 2 N–H and O–H groups in total. The molecule has 0 fully saturated rings. The molecule has 0 saturated heterocycles. The Morgan fingerprint density at radius 2 is 1.72 bits per heavy atom. The molecule has 1 aromatic carbocycles. The predicted molar refractivity (Wildman–Crippen MR) is 65.8 cm³/mol. The zero-order valence-corrected chi connectivity index (χ0v) is 12.0. The van der Waals surface area contributed by atoms with Gasteiger partial charge in [-0.3, -0.25) is 8.75 Å². The molecule has 0 atom stereocenters. The van der Waals surface area contributed by atoms with Gasteiger partial charge < -0.3 is 9.79 Å². The fraction of sp³-hybridized carbons (Fsp3) is 0.400. The largest absolute Gasteiger partial charge is 0.352 e. The molecule has 1 rings (SSSR count). The zero-order valence-electron chi connectivity index (χ0n) is 10.2. The van der Waals surface area contributed by atoms with Crippen LogP contribution >= 0.6 is 7.60 Å². The van der Waals surface area contributed by atoms with Crippen LogP contribution in [0, 0.1) is 20.8 Å². The van der Waals surface area contributed by atoms with Gasteiger partial charge in [-0.1, -0.05) is 6.07 Å². The minimum absolute atomic E-state index is 0.0703. The maximum atomic E-state index is 11.8. The van der Waals surface area contributed by atoms with Gasteiger partial charge in [0.05, 0.1) is 4.90 Å². The van der Waals surface area contributed by atoms with Crippen molar-refractivity contribution in [3.63, 3.8) is 0 Å². The molecule has 0 radical (unpaired) electrons. The highest BCUT2D eigenvalue weighted by atomic mass is 32.2. The van der Waals surface area contributed by atoms with Crippen molar-refractivity contribution >= 4 is 17.7 Å². The van der Waals surface area contributed by atoms with Gasteiger partial charge in [0.25, 0.3) is 10.1 Å². The van der Waals surface area contributed by atoms with Gasteiger partial charge in [0.1, 0.15) is 0 Å². The van der Waals surface area contributed by atoms with Crippen molar-refractivity contribution in [2.75, 3.05) is 6.35 Å². The van der Waals surface area contributed by atoms with E-state index >= 15 is 0 Å². The van der Waals surface area contributed by atoms with Gasteiger partial charge in [0.2, 0.25) is 0 Å². The predicted octanol–water partition coefficient (Wildman–Crippen LogP) is 1.45. The van der Waals surface area contributed by atoms with Gasteiger partial charge in [-0.2, -0.15) is 8.42 Å². The molecule has 0 unspecified atom stereocenters. The van der Waals surface area contributed by atoms with Crippen LogP contribution in [0.2, 0.25) is 0 Å². The van der Waals surface area contributed by atoms with E-state index in [1.165, 1.54) is 6.07 Å². The van der Waals surface area contributed by atoms with Gasteiger partial charge in [-0.25, -0.2) is 0 Å². The molecule has 1 aromatic rings. The third-order valence-electron chi connectivity index (χ3n) is 2.65. The second kappa shape index (κ2) is 5.11. The van der Waals surface area contributed by atoms with E-state index in [2.05, 4.69) is 4.18 Å². The van der Waals surface area contributed by atoms with E-state index in [1.807, 2.05) is 6.92 Å². The van der Waals surface area contributed by atoms with Gasteiger partial charge in [-0.15, -0.1) is 0 Å². The Balaban J connectivity index is 3.14. The number of rotatable bonds is 4. The molecule has 18 heavy (non-hydrogen) atoms. The van der Waals surface area contributed by atoms with Crippen molar-refractivity contribution in [1.82, 2.24) is 0 Å². The molecule has 8 heteroatoms. The lowest BCUT2D eigenvalue weighted by Gasteiger charge is -2.12. The lowest BCUT2D eigenvalue weighted by atomic mass is 10.1. The number of hydrogen-bond donors (Lipinski definition) is 2. The Labute approximate surface area is 106 Å². The summed E-state index contributed by atoms with van der Waals surface area (Å²) < 4.78 is 38.6. The Kier molecular flexibility index (Phi) is 4.35. The first-order valence-corrected chi connectivity index (χ1v) is 8.26. The summed E-state index contributed by atoms with van der Waals surface area (Å²) in [7, 11) is -8.68. The normalized spacial score (nSPS) is 12.7. The molecule has 0 aliphatic carbocycles. The number of aryl methyl sites for hydroxylation is 1. The fourth-order valence-electron chi connectivity index (χ4n) is 1.40. The van der Waals surface area contributed by atoms with E-state index in [4.69, 9.17) is 9.79 Å². The lowest BCUT2D eigenvalue weighted by molar-refractivity contribution is 0.301. The van der Waals surface area contributed by atoms with Crippen LogP contribution in [-0.4, -0.2) is 24.6 Å². The van der Waals surface area contributed by atoms with Crippen LogP contribution in [0.4, 0.5) is 0 Å². The SMILES string of the molecule is Cc1ccc(S(=O)(=O)OCP(=O)(O)O)c(C)c1C. The van der Waals surface area contributed by atoms with Crippen LogP contribution in [0.1, 0.15) is 16.7 Å². The summed E-state index contributed by atoms with van der Waals surface area (Å²) in [5, 5.41) is 0. The molecular formula is C10H15O6PS. The van der Waals surface area contributed by atoms with Crippen LogP contribution in [0.3, 0.4) is 0 Å². The van der Waals surface area contributed by atoms with Crippen molar-refractivity contribution in [3.05, 3.63) is 28.8 Å². The molecule has 0 aliphatic rings. The first kappa shape index (κ1) is 15.3. The molecule has 0 amide bonds. The first-order valence-electron chi connectivity index (χ1n) is 5.05. The highest BCUT2D eigenvalue weighted by Gasteiger charge is 2.24. The highest BCUT2D eigenvalue weighted by Crippen LogP contribution is 2.35. The highest BCUT2D eigenvalue weighted by molar-refractivity contribution is 7.87. The Bertz CT molecular complexity index is 601. The number of benzene rings is 1. The second-order valence-corrected chi connectivity index (χ2v) is 7.17. The lowest BCUT2D eigenvalue weighted by Crippen LogP contribution is -2.10. The Morgan fingerprint density at radius 1 is 1.17 bits per heavy atom. The van der Waals surface area contributed by atoms with E-state index in [-0.39, 0.29) is 4.90 Å². The van der Waals surface area contributed by atoms with Crippen molar-refractivity contribution in [2.45, 2.75) is 25.7 Å². The summed E-state index contributed by atoms with van der Waals surface area (Å²) in [6.45, 7) is 5.23. The summed E-state index contributed by atoms with van der Waals surface area (Å²) >= 11 is 0. The van der Waals surface area contributed by atoms with Crippen molar-refractivity contribution < 1.29 is 27.0 Å². The van der Waals surface area contributed by atoms with Crippen LogP contribution in [-0.2, 0) is 18.9 Å². The average Bonchev–Trinajstić information content (AvgIpc) is 2.22. The minimum atomic E-state index is -4.52. The fourth-order valence-corrected chi connectivity index (χ4v) is 3.40. The smallest absolute Gasteiger partial charge is 0.323 e. The maximum absolute atomic E-state index is 11.8. The third kappa shape index (κ3) is 3.63. The first-order chi connectivity index (χ1) is 8.04. The Morgan fingerprint density at radius 3 is 2.22 bits per heavy atom. The van der Waals surface area contributed by atoms with E-state index in [9.17, 15) is 13.0 Å². The summed E-state index contributed by atoms with van der Waals surface area (Å²) in [5.74, 6) is 0. The van der Waals surface area contributed by atoms with E-state index in [0.717, 1.165) is 11.1 Å². The molecular weight excluding hydrogens is 279 g/mol. The average molecular weight is 294 g/mol. The van der Waals surface area contributed by atoms with E-state index in [0.29, 0.717) is 5.56 Å². The molecule has 102 valence electrons.